The van der Waals surface area contributed by atoms with Crippen LogP contribution in [0, 0.1) is 11.8 Å². The molecule has 3 aliphatic rings. The standard InChI is InChI=1S/C24H23N3O8/c1-27(2)17-12-8-9-7-11-10(23-26-5-6-35-23)3-4-13(28)15(11)18(29)14(9)20(31)24(12,34)21(32)16(19(17)30)22(25)33/h3-6,9,12,17,28-29,32,34H,7-8H2,1-2H3,(H2,25,33)/t9?,12?,17-,24-/m0/s1. The van der Waals surface area contributed by atoms with Crippen molar-refractivity contribution in [1.82, 2.24) is 9.88 Å². The molecule has 1 amide bonds. The van der Waals surface area contributed by atoms with Crippen LogP contribution in [0.1, 0.15) is 17.5 Å². The van der Waals surface area contributed by atoms with E-state index < -0.39 is 58.0 Å². The number of phenols is 1. The maximum atomic E-state index is 13.8. The zero-order valence-electron chi connectivity index (χ0n) is 18.8. The fourth-order valence-electron chi connectivity index (χ4n) is 5.80. The normalized spacial score (nSPS) is 28.2. The van der Waals surface area contributed by atoms with Gasteiger partial charge in [0, 0.05) is 17.1 Å². The molecule has 1 heterocycles. The second-order valence-corrected chi connectivity index (χ2v) is 9.28. The zero-order chi connectivity index (χ0) is 25.4. The molecular weight excluding hydrogens is 458 g/mol. The summed E-state index contributed by atoms with van der Waals surface area (Å²) in [5.41, 5.74) is 2.56. The van der Waals surface area contributed by atoms with E-state index in [1.807, 2.05) is 0 Å². The second-order valence-electron chi connectivity index (χ2n) is 9.28. The van der Waals surface area contributed by atoms with Crippen molar-refractivity contribution in [3.05, 3.63) is 52.6 Å². The molecule has 35 heavy (non-hydrogen) atoms. The second kappa shape index (κ2) is 7.52. The number of benzene rings is 1. The number of aromatic nitrogens is 1. The van der Waals surface area contributed by atoms with Gasteiger partial charge in [-0.3, -0.25) is 19.3 Å². The number of hydrogen-bond acceptors (Lipinski definition) is 10. The summed E-state index contributed by atoms with van der Waals surface area (Å²) in [6.45, 7) is 0. The maximum absolute atomic E-state index is 13.8. The minimum atomic E-state index is -2.67. The molecule has 0 saturated heterocycles. The van der Waals surface area contributed by atoms with E-state index in [2.05, 4.69) is 4.98 Å². The van der Waals surface area contributed by atoms with E-state index >= 15 is 0 Å². The number of rotatable bonds is 3. The topological polar surface area (TPSA) is 187 Å². The number of primary amides is 1. The van der Waals surface area contributed by atoms with Crippen molar-refractivity contribution in [2.45, 2.75) is 24.5 Å². The summed E-state index contributed by atoms with van der Waals surface area (Å²) in [5.74, 6) is -6.67. The predicted octanol–water partition coefficient (Wildman–Crippen LogP) is 0.619. The number of aliphatic hydroxyl groups excluding tert-OH is 2. The van der Waals surface area contributed by atoms with Crippen LogP contribution in [-0.2, 0) is 20.8 Å². The first-order valence-electron chi connectivity index (χ1n) is 10.9. The Hall–Kier alpha value is -3.96. The third-order valence-corrected chi connectivity index (χ3v) is 7.27. The molecule has 1 aromatic carbocycles. The van der Waals surface area contributed by atoms with Crippen molar-refractivity contribution in [1.29, 1.82) is 0 Å². The number of carbonyl (C=O) groups excluding carboxylic acids is 3. The number of oxazole rings is 1. The van der Waals surface area contributed by atoms with Crippen molar-refractivity contribution in [3.63, 3.8) is 0 Å². The van der Waals surface area contributed by atoms with Gasteiger partial charge in [-0.1, -0.05) is 0 Å². The number of fused-ring (bicyclic) bond motifs is 3. The van der Waals surface area contributed by atoms with Crippen LogP contribution in [-0.4, -0.2) is 73.5 Å². The summed E-state index contributed by atoms with van der Waals surface area (Å²) in [7, 11) is 3.10. The quantitative estimate of drug-likeness (QED) is 0.389. The van der Waals surface area contributed by atoms with Crippen LogP contribution in [0.5, 0.6) is 5.75 Å². The number of likely N-dealkylation sites (N-methyl/N-ethyl adjacent to an activating group) is 1. The number of aliphatic hydroxyl groups is 3. The summed E-state index contributed by atoms with van der Waals surface area (Å²) in [6.07, 6.45) is 2.99. The molecule has 0 spiro atoms. The number of nitrogens with zero attached hydrogens (tertiary/aromatic N) is 2. The number of hydrogen-bond donors (Lipinski definition) is 5. The molecule has 2 aromatic rings. The Morgan fingerprint density at radius 3 is 2.54 bits per heavy atom. The highest BCUT2D eigenvalue weighted by Crippen LogP contribution is 2.53. The highest BCUT2D eigenvalue weighted by Gasteiger charge is 2.64. The van der Waals surface area contributed by atoms with E-state index in [1.165, 1.54) is 23.4 Å². The molecular formula is C24H23N3O8. The number of amides is 1. The lowest BCUT2D eigenvalue weighted by molar-refractivity contribution is -0.153. The molecule has 6 N–H and O–H groups in total. The van der Waals surface area contributed by atoms with Gasteiger partial charge in [-0.15, -0.1) is 0 Å². The number of nitrogens with two attached hydrogens (primary N) is 1. The molecule has 11 heteroatoms. The predicted molar refractivity (Wildman–Crippen MR) is 120 cm³/mol. The lowest BCUT2D eigenvalue weighted by Crippen LogP contribution is -2.65. The van der Waals surface area contributed by atoms with E-state index in [0.29, 0.717) is 11.1 Å². The third kappa shape index (κ3) is 2.91. The average Bonchev–Trinajstić information content (AvgIpc) is 3.30. The molecule has 0 radical (unpaired) electrons. The Morgan fingerprint density at radius 1 is 1.23 bits per heavy atom. The molecule has 4 atom stereocenters. The summed E-state index contributed by atoms with van der Waals surface area (Å²) < 4.78 is 5.40. The molecule has 11 nitrogen and oxygen atoms in total. The van der Waals surface area contributed by atoms with Gasteiger partial charge in [0.25, 0.3) is 5.91 Å². The van der Waals surface area contributed by atoms with Crippen molar-refractivity contribution in [3.8, 4) is 17.2 Å². The monoisotopic (exact) mass is 481 g/mol. The zero-order valence-corrected chi connectivity index (χ0v) is 18.8. The first-order valence-corrected chi connectivity index (χ1v) is 10.9. The Labute approximate surface area is 198 Å². The van der Waals surface area contributed by atoms with Gasteiger partial charge in [0.05, 0.1) is 17.8 Å². The van der Waals surface area contributed by atoms with Crippen molar-refractivity contribution < 1.29 is 39.2 Å². The van der Waals surface area contributed by atoms with Gasteiger partial charge in [-0.05, 0) is 50.6 Å². The summed E-state index contributed by atoms with van der Waals surface area (Å²) in [4.78, 5) is 44.5. The van der Waals surface area contributed by atoms with Crippen LogP contribution >= 0.6 is 0 Å². The Morgan fingerprint density at radius 2 is 1.94 bits per heavy atom. The van der Waals surface area contributed by atoms with Crippen LogP contribution in [0.3, 0.4) is 0 Å². The van der Waals surface area contributed by atoms with E-state index in [1.54, 1.807) is 20.2 Å². The maximum Gasteiger partial charge on any atom is 0.255 e. The number of phenolic OH excluding ortho intramolecular Hbond substituents is 1. The number of carbonyl (C=O) groups is 3. The molecule has 0 aliphatic heterocycles. The molecule has 1 fully saturated rings. The Bertz CT molecular complexity index is 1360. The fourth-order valence-corrected chi connectivity index (χ4v) is 5.80. The Kier molecular flexibility index (Phi) is 4.90. The highest BCUT2D eigenvalue weighted by atomic mass is 16.4. The summed E-state index contributed by atoms with van der Waals surface area (Å²) in [5, 5.41) is 44.2. The number of ketones is 2. The molecule has 1 aromatic heterocycles. The molecule has 3 aliphatic carbocycles. The van der Waals surface area contributed by atoms with Crippen molar-refractivity contribution in [2.24, 2.45) is 17.6 Å². The van der Waals surface area contributed by atoms with Gasteiger partial charge < -0.3 is 30.6 Å². The van der Waals surface area contributed by atoms with Gasteiger partial charge in [0.1, 0.15) is 29.1 Å². The van der Waals surface area contributed by atoms with Gasteiger partial charge in [-0.25, -0.2) is 4.98 Å². The molecule has 5 rings (SSSR count). The lowest BCUT2D eigenvalue weighted by Gasteiger charge is -2.50. The molecule has 2 unspecified atom stereocenters. The minimum Gasteiger partial charge on any atom is -0.508 e. The van der Waals surface area contributed by atoms with Crippen LogP contribution in [0.25, 0.3) is 17.2 Å². The van der Waals surface area contributed by atoms with Gasteiger partial charge in [-0.2, -0.15) is 0 Å². The van der Waals surface area contributed by atoms with E-state index in [9.17, 15) is 34.8 Å². The van der Waals surface area contributed by atoms with E-state index in [0.717, 1.165) is 0 Å². The van der Waals surface area contributed by atoms with E-state index in [4.69, 9.17) is 10.2 Å². The average molecular weight is 481 g/mol. The Balaban J connectivity index is 1.75. The number of Topliss-reactive ketones (excluding diaryl/α,β-unsaturated/α-hetero) is 2. The van der Waals surface area contributed by atoms with Gasteiger partial charge in [0.2, 0.25) is 11.7 Å². The minimum absolute atomic E-state index is 0.00639. The van der Waals surface area contributed by atoms with Crippen LogP contribution in [0.2, 0.25) is 0 Å². The first-order chi connectivity index (χ1) is 16.5. The summed E-state index contributed by atoms with van der Waals surface area (Å²) >= 11 is 0. The fraction of sp³-hybridized carbons (Fsp3) is 0.333. The molecule has 1 saturated carbocycles. The van der Waals surface area contributed by atoms with Crippen molar-refractivity contribution >= 4 is 23.2 Å². The first kappa shape index (κ1) is 22.8. The number of aromatic hydroxyl groups is 1. The summed E-state index contributed by atoms with van der Waals surface area (Å²) in [6, 6.07) is 1.77. The van der Waals surface area contributed by atoms with Gasteiger partial charge >= 0.3 is 0 Å². The van der Waals surface area contributed by atoms with E-state index in [-0.39, 0.29) is 35.6 Å². The van der Waals surface area contributed by atoms with Gasteiger partial charge in [0.15, 0.2) is 11.4 Å². The lowest BCUT2D eigenvalue weighted by atomic mass is 9.57. The molecule has 0 bridgehead atoms. The van der Waals surface area contributed by atoms with Crippen LogP contribution in [0.15, 0.2) is 45.9 Å². The third-order valence-electron chi connectivity index (χ3n) is 7.27. The molecule has 182 valence electrons. The SMILES string of the molecule is CN(C)[C@@H]1C(=O)C(C(N)=O)=C(O)[C@@]2(O)C(=O)C3=C(O)c4c(O)ccc(-c5ncco5)c4CC3CC12. The smallest absolute Gasteiger partial charge is 0.255 e. The largest absolute Gasteiger partial charge is 0.508 e. The highest BCUT2D eigenvalue weighted by molar-refractivity contribution is 6.24. The van der Waals surface area contributed by atoms with Crippen LogP contribution in [0.4, 0.5) is 0 Å². The van der Waals surface area contributed by atoms with Crippen molar-refractivity contribution in [2.75, 3.05) is 14.1 Å². The van der Waals surface area contributed by atoms with Crippen LogP contribution < -0.4 is 5.73 Å².